The third-order valence-electron chi connectivity index (χ3n) is 11.5. The summed E-state index contributed by atoms with van der Waals surface area (Å²) >= 11 is 0. The van der Waals surface area contributed by atoms with Crippen LogP contribution in [0.4, 0.5) is 32.1 Å². The Morgan fingerprint density at radius 3 is 1.44 bits per heavy atom. The first-order valence-electron chi connectivity index (χ1n) is 20.0. The van der Waals surface area contributed by atoms with E-state index in [9.17, 15) is 18.4 Å². The molecule has 2 fully saturated rings. The largest absolute Gasteiger partial charge is 0.383 e. The lowest BCUT2D eigenvalue weighted by atomic mass is 10.0. The van der Waals surface area contributed by atoms with Gasteiger partial charge in [0.2, 0.25) is 11.8 Å². The van der Waals surface area contributed by atoms with Crippen molar-refractivity contribution < 1.29 is 18.4 Å². The fourth-order valence-electron chi connectivity index (χ4n) is 7.91. The maximum absolute atomic E-state index is 13.8. The zero-order valence-electron chi connectivity index (χ0n) is 34.3. The van der Waals surface area contributed by atoms with Crippen LogP contribution in [-0.4, -0.2) is 51.3 Å². The number of carbonyl (C=O) groups excluding carboxylic acids is 2. The van der Waals surface area contributed by atoms with E-state index >= 15 is 0 Å². The lowest BCUT2D eigenvalue weighted by Gasteiger charge is -2.10. The topological polar surface area (TPSA) is 197 Å². The van der Waals surface area contributed by atoms with Gasteiger partial charge in [0.25, 0.3) is 0 Å². The maximum atomic E-state index is 13.8. The Balaban J connectivity index is 0.000000158. The van der Waals surface area contributed by atoms with Gasteiger partial charge in [-0.15, -0.1) is 0 Å². The van der Waals surface area contributed by atoms with Gasteiger partial charge in [-0.05, 0) is 120 Å². The summed E-state index contributed by atoms with van der Waals surface area (Å²) in [6, 6.07) is 16.3. The quantitative estimate of drug-likeness (QED) is 0.118. The number of pyridine rings is 4. The Bertz CT molecular complexity index is 2870. The summed E-state index contributed by atoms with van der Waals surface area (Å²) in [5.41, 5.74) is 18.7. The van der Waals surface area contributed by atoms with Gasteiger partial charge in [0.15, 0.2) is 0 Å². The van der Waals surface area contributed by atoms with E-state index in [-0.39, 0.29) is 47.1 Å². The van der Waals surface area contributed by atoms with Gasteiger partial charge in [0, 0.05) is 72.6 Å². The van der Waals surface area contributed by atoms with Gasteiger partial charge in [0.05, 0.1) is 23.8 Å². The number of nitrogens with two attached hydrogens (primary N) is 2. The molecule has 16 heteroatoms. The van der Waals surface area contributed by atoms with E-state index in [1.54, 1.807) is 58.4 Å². The minimum atomic E-state index is -0.337. The molecule has 2 aliphatic rings. The van der Waals surface area contributed by atoms with Crippen molar-refractivity contribution in [1.29, 1.82) is 0 Å². The zero-order valence-corrected chi connectivity index (χ0v) is 34.3. The monoisotopic (exact) mass is 832 g/mol. The Morgan fingerprint density at radius 1 is 0.629 bits per heavy atom. The number of nitrogen functional groups attached to an aromatic ring is 2. The molecule has 0 aliphatic heterocycles. The zero-order chi connectivity index (χ0) is 43.4. The van der Waals surface area contributed by atoms with E-state index in [0.717, 1.165) is 45.9 Å². The van der Waals surface area contributed by atoms with Crippen LogP contribution in [0.3, 0.4) is 0 Å². The molecule has 2 saturated carbocycles. The SMILES string of the molecule is Cc1ccc(F)cc1-c1cc2cc(NC(=O)[C@@H]3C[C@H]3c3cnn(C)c3)ncc2c(N)n1.Cc1ccc(F)cc1-c1cc2cc(NC(=O)[C@H]3C[C@@H]3c3cnn(C)c3)ncc2c(N)n1. The van der Waals surface area contributed by atoms with Crippen LogP contribution in [0.15, 0.2) is 97.8 Å². The van der Waals surface area contributed by atoms with E-state index in [4.69, 9.17) is 11.5 Å². The number of hydrogen-bond donors (Lipinski definition) is 4. The van der Waals surface area contributed by atoms with Crippen LogP contribution in [0, 0.1) is 37.3 Å². The molecule has 0 unspecified atom stereocenters. The molecule has 0 saturated heterocycles. The molecule has 14 nitrogen and oxygen atoms in total. The summed E-state index contributed by atoms with van der Waals surface area (Å²) < 4.78 is 31.0. The van der Waals surface area contributed by atoms with Gasteiger partial charge in [-0.25, -0.2) is 28.7 Å². The molecule has 6 heterocycles. The number of aryl methyl sites for hydroxylation is 4. The smallest absolute Gasteiger partial charge is 0.229 e. The highest BCUT2D eigenvalue weighted by molar-refractivity contribution is 6.00. The van der Waals surface area contributed by atoms with Gasteiger partial charge >= 0.3 is 0 Å². The van der Waals surface area contributed by atoms with Crippen LogP contribution >= 0.6 is 0 Å². The van der Waals surface area contributed by atoms with Gasteiger partial charge in [0.1, 0.15) is 34.9 Å². The highest BCUT2D eigenvalue weighted by atomic mass is 19.1. The fourth-order valence-corrected chi connectivity index (χ4v) is 7.91. The van der Waals surface area contributed by atoms with Crippen LogP contribution in [0.5, 0.6) is 0 Å². The number of benzene rings is 2. The van der Waals surface area contributed by atoms with Gasteiger partial charge in [-0.1, -0.05) is 12.1 Å². The molecule has 312 valence electrons. The Morgan fingerprint density at radius 2 is 1.05 bits per heavy atom. The molecule has 0 radical (unpaired) electrons. The predicted molar refractivity (Wildman–Crippen MR) is 234 cm³/mol. The molecule has 6 aromatic heterocycles. The van der Waals surface area contributed by atoms with Crippen molar-refractivity contribution in [2.45, 2.75) is 38.5 Å². The molecular weight excluding hydrogens is 791 g/mol. The molecule has 0 bridgehead atoms. The molecule has 2 aliphatic carbocycles. The average molecular weight is 833 g/mol. The van der Waals surface area contributed by atoms with E-state index in [1.165, 1.54) is 24.3 Å². The van der Waals surface area contributed by atoms with Crippen molar-refractivity contribution >= 4 is 56.6 Å². The van der Waals surface area contributed by atoms with Crippen molar-refractivity contribution in [2.75, 3.05) is 22.1 Å². The van der Waals surface area contributed by atoms with Crippen molar-refractivity contribution in [1.82, 2.24) is 39.5 Å². The highest BCUT2D eigenvalue weighted by Crippen LogP contribution is 2.49. The standard InChI is InChI=1S/2C23H21FN6O/c2*1-12-3-4-15(24)7-16(12)20-5-13-6-21(26-10-19(13)22(25)28-20)29-23(31)18-8-17(18)14-9-27-30(2)11-14/h2*3-7,9-11,17-18H,8H2,1-2H3,(H2,25,28)(H,26,29,31)/t2*17-,18+/m10/s1. The first-order chi connectivity index (χ1) is 29.8. The van der Waals surface area contributed by atoms with Crippen molar-refractivity contribution in [2.24, 2.45) is 25.9 Å². The summed E-state index contributed by atoms with van der Waals surface area (Å²) in [5, 5.41) is 17.1. The number of fused-ring (bicyclic) bond motifs is 2. The van der Waals surface area contributed by atoms with Crippen LogP contribution in [-0.2, 0) is 23.7 Å². The maximum Gasteiger partial charge on any atom is 0.229 e. The average Bonchev–Trinajstić information content (AvgIpc) is 4.14. The number of nitrogens with one attached hydrogen (secondary N) is 2. The summed E-state index contributed by atoms with van der Waals surface area (Å²) in [5.74, 6) is 0.905. The van der Waals surface area contributed by atoms with Crippen LogP contribution in [0.25, 0.3) is 44.1 Å². The van der Waals surface area contributed by atoms with E-state index in [2.05, 4.69) is 40.8 Å². The number of aromatic nitrogens is 8. The number of nitrogens with zero attached hydrogens (tertiary/aromatic N) is 8. The fraction of sp³-hybridized carbons (Fsp3) is 0.217. The number of amides is 2. The number of carbonyl (C=O) groups is 2. The Hall–Kier alpha value is -7.62. The molecule has 2 amide bonds. The minimum Gasteiger partial charge on any atom is -0.383 e. The number of halogens is 2. The van der Waals surface area contributed by atoms with E-state index in [0.29, 0.717) is 56.6 Å². The van der Waals surface area contributed by atoms with Crippen LogP contribution < -0.4 is 22.1 Å². The summed E-state index contributed by atoms with van der Waals surface area (Å²) in [7, 11) is 3.72. The number of hydrogen-bond acceptors (Lipinski definition) is 10. The van der Waals surface area contributed by atoms with Crippen LogP contribution in [0.2, 0.25) is 0 Å². The second-order valence-corrected chi connectivity index (χ2v) is 16.1. The molecule has 8 aromatic rings. The van der Waals surface area contributed by atoms with E-state index in [1.807, 2.05) is 52.5 Å². The van der Waals surface area contributed by atoms with E-state index < -0.39 is 0 Å². The van der Waals surface area contributed by atoms with Gasteiger partial charge in [-0.2, -0.15) is 10.2 Å². The first-order valence-corrected chi connectivity index (χ1v) is 20.0. The predicted octanol–water partition coefficient (Wildman–Crippen LogP) is 7.60. The summed E-state index contributed by atoms with van der Waals surface area (Å²) in [6.45, 7) is 3.78. The van der Waals surface area contributed by atoms with Crippen molar-refractivity contribution in [3.05, 3.63) is 132 Å². The molecule has 4 atom stereocenters. The highest BCUT2D eigenvalue weighted by Gasteiger charge is 2.45. The second-order valence-electron chi connectivity index (χ2n) is 16.1. The summed E-state index contributed by atoms with van der Waals surface area (Å²) in [6.07, 6.45) is 12.3. The molecule has 0 spiro atoms. The molecule has 62 heavy (non-hydrogen) atoms. The molecular formula is C46H42F2N12O2. The van der Waals surface area contributed by atoms with Gasteiger partial charge < -0.3 is 22.1 Å². The number of rotatable bonds is 8. The second kappa shape index (κ2) is 15.8. The van der Waals surface area contributed by atoms with Crippen molar-refractivity contribution in [3.63, 3.8) is 0 Å². The van der Waals surface area contributed by atoms with Crippen molar-refractivity contribution in [3.8, 4) is 22.5 Å². The van der Waals surface area contributed by atoms with Crippen LogP contribution in [0.1, 0.15) is 46.9 Å². The third-order valence-corrected chi connectivity index (χ3v) is 11.5. The first kappa shape index (κ1) is 39.8. The number of anilines is 4. The molecule has 10 rings (SSSR count). The Labute approximate surface area is 354 Å². The lowest BCUT2D eigenvalue weighted by molar-refractivity contribution is -0.118. The van der Waals surface area contributed by atoms with Gasteiger partial charge in [-0.3, -0.25) is 19.0 Å². The minimum absolute atomic E-state index is 0.0658. The normalized spacial score (nSPS) is 17.6. The molecule has 2 aromatic carbocycles. The Kier molecular flexibility index (Phi) is 10.1. The molecule has 6 N–H and O–H groups in total. The third kappa shape index (κ3) is 8.13. The lowest BCUT2D eigenvalue weighted by Crippen LogP contribution is -2.15. The summed E-state index contributed by atoms with van der Waals surface area (Å²) in [4.78, 5) is 42.9.